The highest BCUT2D eigenvalue weighted by molar-refractivity contribution is 8.00. The second-order valence-electron chi connectivity index (χ2n) is 4.35. The van der Waals surface area contributed by atoms with Crippen LogP contribution in [0.15, 0.2) is 0 Å². The Morgan fingerprint density at radius 1 is 0.700 bits per heavy atom. The molecule has 0 fully saturated rings. The van der Waals surface area contributed by atoms with Gasteiger partial charge in [-0.2, -0.15) is 23.5 Å². The Bertz CT molecular complexity index is 279. The number of hydrogen-bond donors (Lipinski definition) is 2. The van der Waals surface area contributed by atoms with Crippen molar-refractivity contribution >= 4 is 41.2 Å². The molecule has 0 aromatic rings. The van der Waals surface area contributed by atoms with Crippen LogP contribution in [0.4, 0.5) is 0 Å². The number of carbonyl (C=O) groups excluding carboxylic acids is 1. The summed E-state index contributed by atoms with van der Waals surface area (Å²) in [6, 6.07) is 0. The molecule has 0 spiro atoms. The minimum atomic E-state index is -0.799. The van der Waals surface area contributed by atoms with Crippen molar-refractivity contribution in [2.45, 2.75) is 38.5 Å². The summed E-state index contributed by atoms with van der Waals surface area (Å²) in [4.78, 5) is 32.0. The molecule has 0 rings (SSSR count). The van der Waals surface area contributed by atoms with Crippen LogP contribution in [-0.2, 0) is 14.4 Å². The maximum atomic E-state index is 11.5. The van der Waals surface area contributed by atoms with Crippen molar-refractivity contribution in [2.24, 2.45) is 0 Å². The summed E-state index contributed by atoms with van der Waals surface area (Å²) in [7, 11) is 0. The normalized spacial score (nSPS) is 10.4. The summed E-state index contributed by atoms with van der Waals surface area (Å²) in [6.07, 6.45) is 4.51. The molecule has 7 heteroatoms. The number of unbranched alkanes of at least 4 members (excludes halogenated alkanes) is 2. The lowest BCUT2D eigenvalue weighted by atomic mass is 10.1. The van der Waals surface area contributed by atoms with E-state index in [4.69, 9.17) is 10.2 Å². The fourth-order valence-corrected chi connectivity index (χ4v) is 2.95. The Hall–Kier alpha value is -0.690. The fourth-order valence-electron chi connectivity index (χ4n) is 1.50. The van der Waals surface area contributed by atoms with Crippen molar-refractivity contribution in [1.82, 2.24) is 0 Å². The second-order valence-corrected chi connectivity index (χ2v) is 6.56. The molecule has 116 valence electrons. The number of carboxylic acid groups (broad SMARTS) is 2. The number of aliphatic carboxylic acids is 2. The quantitative estimate of drug-likeness (QED) is 0.475. The third-order valence-corrected chi connectivity index (χ3v) is 4.50. The zero-order valence-corrected chi connectivity index (χ0v) is 13.1. The minimum Gasteiger partial charge on any atom is -0.481 e. The van der Waals surface area contributed by atoms with E-state index < -0.39 is 11.9 Å². The second kappa shape index (κ2) is 13.3. The molecule has 0 unspecified atom stereocenters. The third-order valence-electron chi connectivity index (χ3n) is 2.44. The molecule has 0 aliphatic rings. The molecular formula is C13H22O5S2. The maximum absolute atomic E-state index is 11.5. The van der Waals surface area contributed by atoms with Crippen LogP contribution in [-0.4, -0.2) is 50.9 Å². The van der Waals surface area contributed by atoms with Gasteiger partial charge in [-0.25, -0.2) is 0 Å². The van der Waals surface area contributed by atoms with Crippen molar-refractivity contribution in [2.75, 3.05) is 23.0 Å². The molecule has 0 aliphatic heterocycles. The van der Waals surface area contributed by atoms with Gasteiger partial charge in [-0.3, -0.25) is 14.4 Å². The maximum Gasteiger partial charge on any atom is 0.313 e. The number of carboxylic acids is 2. The van der Waals surface area contributed by atoms with E-state index in [-0.39, 0.29) is 17.3 Å². The highest BCUT2D eigenvalue weighted by Crippen LogP contribution is 2.10. The fraction of sp³-hybridized carbons (Fsp3) is 0.769. The van der Waals surface area contributed by atoms with Crippen LogP contribution in [0.2, 0.25) is 0 Å². The largest absolute Gasteiger partial charge is 0.481 e. The van der Waals surface area contributed by atoms with Crippen molar-refractivity contribution < 1.29 is 24.6 Å². The van der Waals surface area contributed by atoms with Crippen LogP contribution < -0.4 is 0 Å². The Morgan fingerprint density at radius 3 is 1.45 bits per heavy atom. The van der Waals surface area contributed by atoms with Crippen molar-refractivity contribution in [3.63, 3.8) is 0 Å². The third kappa shape index (κ3) is 15.4. The molecule has 0 radical (unpaired) electrons. The van der Waals surface area contributed by atoms with E-state index in [0.717, 1.165) is 37.2 Å². The van der Waals surface area contributed by atoms with Crippen LogP contribution in [0.3, 0.4) is 0 Å². The van der Waals surface area contributed by atoms with Gasteiger partial charge in [0.15, 0.2) is 0 Å². The van der Waals surface area contributed by atoms with Gasteiger partial charge in [0.25, 0.3) is 0 Å². The Labute approximate surface area is 127 Å². The van der Waals surface area contributed by atoms with Crippen LogP contribution >= 0.6 is 23.5 Å². The number of thioether (sulfide) groups is 2. The van der Waals surface area contributed by atoms with Gasteiger partial charge in [-0.15, -0.1) is 0 Å². The van der Waals surface area contributed by atoms with Crippen LogP contribution in [0.1, 0.15) is 38.5 Å². The van der Waals surface area contributed by atoms with Gasteiger partial charge < -0.3 is 10.2 Å². The lowest BCUT2D eigenvalue weighted by molar-refractivity contribution is -0.134. The van der Waals surface area contributed by atoms with E-state index in [2.05, 4.69) is 0 Å². The lowest BCUT2D eigenvalue weighted by Crippen LogP contribution is -2.01. The first-order valence-electron chi connectivity index (χ1n) is 6.63. The Balaban J connectivity index is 3.24. The van der Waals surface area contributed by atoms with E-state index in [0.29, 0.717) is 12.8 Å². The minimum absolute atomic E-state index is 0.127. The monoisotopic (exact) mass is 322 g/mol. The van der Waals surface area contributed by atoms with E-state index >= 15 is 0 Å². The first kappa shape index (κ1) is 19.3. The van der Waals surface area contributed by atoms with E-state index in [1.165, 1.54) is 23.5 Å². The molecule has 0 aromatic heterocycles. The zero-order chi connectivity index (χ0) is 15.2. The van der Waals surface area contributed by atoms with Gasteiger partial charge >= 0.3 is 11.9 Å². The predicted octanol–water partition coefficient (Wildman–Crippen LogP) is 2.53. The highest BCUT2D eigenvalue weighted by Gasteiger charge is 2.03. The van der Waals surface area contributed by atoms with E-state index in [1.54, 1.807) is 0 Å². The molecule has 0 amide bonds. The topological polar surface area (TPSA) is 91.7 Å². The van der Waals surface area contributed by atoms with Gasteiger partial charge in [-0.05, 0) is 37.2 Å². The summed E-state index contributed by atoms with van der Waals surface area (Å²) in [5.74, 6) is 0.468. The van der Waals surface area contributed by atoms with Crippen molar-refractivity contribution in [1.29, 1.82) is 0 Å². The number of Topliss-reactive ketones (excluding diaryl/α,β-unsaturated/α-hetero) is 1. The average Bonchev–Trinajstić information content (AvgIpc) is 2.37. The highest BCUT2D eigenvalue weighted by atomic mass is 32.2. The van der Waals surface area contributed by atoms with Crippen LogP contribution in [0.25, 0.3) is 0 Å². The standard InChI is InChI=1S/C13H22O5S2/c14-11(5-1-3-7-19-9-12(15)16)6-2-4-8-20-10-13(17)18/h1-10H2,(H,15,16)(H,17,18). The zero-order valence-electron chi connectivity index (χ0n) is 11.5. The number of ketones is 1. The Kier molecular flexibility index (Phi) is 12.8. The molecular weight excluding hydrogens is 300 g/mol. The number of hydrogen-bond acceptors (Lipinski definition) is 5. The van der Waals surface area contributed by atoms with Crippen molar-refractivity contribution in [3.05, 3.63) is 0 Å². The smallest absolute Gasteiger partial charge is 0.313 e. The molecule has 0 saturated heterocycles. The molecule has 20 heavy (non-hydrogen) atoms. The molecule has 0 atom stereocenters. The molecule has 0 aromatic carbocycles. The average molecular weight is 322 g/mol. The first-order chi connectivity index (χ1) is 9.52. The SMILES string of the molecule is O=C(O)CSCCCCC(=O)CCCCSCC(=O)O. The van der Waals surface area contributed by atoms with Crippen molar-refractivity contribution in [3.8, 4) is 0 Å². The van der Waals surface area contributed by atoms with Gasteiger partial charge in [0.2, 0.25) is 0 Å². The number of carbonyl (C=O) groups is 3. The summed E-state index contributed by atoms with van der Waals surface area (Å²) >= 11 is 2.76. The summed E-state index contributed by atoms with van der Waals surface area (Å²) in [6.45, 7) is 0. The predicted molar refractivity (Wildman–Crippen MR) is 82.6 cm³/mol. The van der Waals surface area contributed by atoms with Crippen LogP contribution in [0, 0.1) is 0 Å². The molecule has 0 heterocycles. The Morgan fingerprint density at radius 2 is 1.10 bits per heavy atom. The van der Waals surface area contributed by atoms with E-state index in [1.807, 2.05) is 0 Å². The summed E-state index contributed by atoms with van der Waals surface area (Å²) < 4.78 is 0. The number of rotatable bonds is 14. The molecule has 2 N–H and O–H groups in total. The molecule has 0 aliphatic carbocycles. The summed E-state index contributed by atoms with van der Waals surface area (Å²) in [5, 5.41) is 16.9. The van der Waals surface area contributed by atoms with Gasteiger partial charge in [-0.1, -0.05) is 0 Å². The first-order valence-corrected chi connectivity index (χ1v) is 8.94. The van der Waals surface area contributed by atoms with Gasteiger partial charge in [0.1, 0.15) is 5.78 Å². The molecule has 5 nitrogen and oxygen atoms in total. The van der Waals surface area contributed by atoms with Crippen LogP contribution in [0.5, 0.6) is 0 Å². The van der Waals surface area contributed by atoms with Gasteiger partial charge in [0.05, 0.1) is 11.5 Å². The van der Waals surface area contributed by atoms with Gasteiger partial charge in [0, 0.05) is 12.8 Å². The molecule has 0 saturated carbocycles. The van der Waals surface area contributed by atoms with E-state index in [9.17, 15) is 14.4 Å². The lowest BCUT2D eigenvalue weighted by Gasteiger charge is -2.02. The summed E-state index contributed by atoms with van der Waals surface area (Å²) in [5.41, 5.74) is 0. The molecule has 0 bridgehead atoms.